The summed E-state index contributed by atoms with van der Waals surface area (Å²) >= 11 is 0. The molecule has 0 atom stereocenters. The zero-order valence-electron chi connectivity index (χ0n) is 13.9. The van der Waals surface area contributed by atoms with E-state index < -0.39 is 17.3 Å². The molecular weight excluding hydrogens is 331 g/mol. The van der Waals surface area contributed by atoms with E-state index in [1.54, 1.807) is 44.3 Å². The highest BCUT2D eigenvalue weighted by atomic mass is 19.4. The first-order valence-electron chi connectivity index (χ1n) is 7.34. The van der Waals surface area contributed by atoms with Crippen LogP contribution in [0.15, 0.2) is 41.3 Å². The second-order valence-electron chi connectivity index (χ2n) is 5.69. The van der Waals surface area contributed by atoms with Crippen molar-refractivity contribution in [2.24, 2.45) is 0 Å². The molecule has 0 saturated carbocycles. The molecule has 2 aromatic rings. The van der Waals surface area contributed by atoms with Gasteiger partial charge in [0, 0.05) is 31.0 Å². The predicted octanol–water partition coefficient (Wildman–Crippen LogP) is 3.57. The highest BCUT2D eigenvalue weighted by molar-refractivity contribution is 5.58. The molecule has 1 aromatic heterocycles. The molecule has 4 nitrogen and oxygen atoms in total. The monoisotopic (exact) mass is 347 g/mol. The number of benzene rings is 1. The average Bonchev–Trinajstić information content (AvgIpc) is 2.52. The van der Waals surface area contributed by atoms with Crippen LogP contribution >= 0.6 is 0 Å². The van der Waals surface area contributed by atoms with Gasteiger partial charge in [0.1, 0.15) is 11.6 Å². The van der Waals surface area contributed by atoms with Crippen LogP contribution in [0.5, 0.6) is 0 Å². The Kier molecular flexibility index (Phi) is 5.02. The van der Waals surface area contributed by atoms with Gasteiger partial charge >= 0.3 is 6.18 Å². The smallest absolute Gasteiger partial charge is 0.383 e. The molecule has 1 aromatic carbocycles. The standard InChI is InChI=1S/C18H16F3N3O/c1-12-10-13(8-9-23(2)3)16(11-22)17(25)24(12)15-6-4-14(5-7-15)18(19,20)21/h4-10H,1-3H3/b9-8+. The molecule has 7 heteroatoms. The third kappa shape index (κ3) is 3.91. The fourth-order valence-corrected chi connectivity index (χ4v) is 2.35. The lowest BCUT2D eigenvalue weighted by molar-refractivity contribution is -0.137. The van der Waals surface area contributed by atoms with E-state index in [1.807, 2.05) is 6.07 Å². The summed E-state index contributed by atoms with van der Waals surface area (Å²) < 4.78 is 39.3. The Balaban J connectivity index is 2.60. The Morgan fingerprint density at radius 1 is 1.20 bits per heavy atom. The van der Waals surface area contributed by atoms with Gasteiger partial charge in [0.15, 0.2) is 0 Å². The van der Waals surface area contributed by atoms with Crippen LogP contribution in [-0.4, -0.2) is 23.6 Å². The molecule has 0 saturated heterocycles. The van der Waals surface area contributed by atoms with E-state index in [0.717, 1.165) is 12.1 Å². The van der Waals surface area contributed by atoms with Crippen molar-refractivity contribution in [2.75, 3.05) is 14.1 Å². The molecule has 0 spiro atoms. The number of rotatable bonds is 3. The summed E-state index contributed by atoms with van der Waals surface area (Å²) in [6, 6.07) is 7.78. The summed E-state index contributed by atoms with van der Waals surface area (Å²) in [4.78, 5) is 14.4. The van der Waals surface area contributed by atoms with Crippen molar-refractivity contribution in [2.45, 2.75) is 13.1 Å². The van der Waals surface area contributed by atoms with E-state index in [-0.39, 0.29) is 11.3 Å². The van der Waals surface area contributed by atoms with Crippen LogP contribution in [0.3, 0.4) is 0 Å². The van der Waals surface area contributed by atoms with Gasteiger partial charge in [-0.25, -0.2) is 0 Å². The van der Waals surface area contributed by atoms with E-state index in [1.165, 1.54) is 16.7 Å². The largest absolute Gasteiger partial charge is 0.416 e. The summed E-state index contributed by atoms with van der Waals surface area (Å²) in [5, 5.41) is 9.32. The molecule has 25 heavy (non-hydrogen) atoms. The fourth-order valence-electron chi connectivity index (χ4n) is 2.35. The van der Waals surface area contributed by atoms with Crippen LogP contribution in [-0.2, 0) is 6.18 Å². The zero-order chi connectivity index (χ0) is 18.8. The number of alkyl halides is 3. The molecule has 0 aliphatic heterocycles. The van der Waals surface area contributed by atoms with Crippen molar-refractivity contribution >= 4 is 6.08 Å². The number of nitrogens with zero attached hydrogens (tertiary/aromatic N) is 3. The minimum absolute atomic E-state index is 0.0661. The molecule has 0 N–H and O–H groups in total. The van der Waals surface area contributed by atoms with Crippen LogP contribution in [0.25, 0.3) is 11.8 Å². The zero-order valence-corrected chi connectivity index (χ0v) is 13.9. The van der Waals surface area contributed by atoms with Gasteiger partial charge in [-0.2, -0.15) is 18.4 Å². The van der Waals surface area contributed by atoms with Gasteiger partial charge in [-0.05, 0) is 49.5 Å². The quantitative estimate of drug-likeness (QED) is 0.853. The maximum absolute atomic E-state index is 12.7. The van der Waals surface area contributed by atoms with E-state index >= 15 is 0 Å². The Morgan fingerprint density at radius 2 is 1.80 bits per heavy atom. The molecule has 0 bridgehead atoms. The molecule has 2 rings (SSSR count). The van der Waals surface area contributed by atoms with Gasteiger partial charge < -0.3 is 4.90 Å². The Labute approximate surface area is 143 Å². The maximum atomic E-state index is 12.7. The van der Waals surface area contributed by atoms with Gasteiger partial charge in [0.05, 0.1) is 5.56 Å². The third-order valence-electron chi connectivity index (χ3n) is 3.54. The Hall–Kier alpha value is -3.01. The second kappa shape index (κ2) is 6.85. The summed E-state index contributed by atoms with van der Waals surface area (Å²) in [5.41, 5.74) is -0.184. The van der Waals surface area contributed by atoms with Gasteiger partial charge in [0.25, 0.3) is 5.56 Å². The number of hydrogen-bond acceptors (Lipinski definition) is 3. The summed E-state index contributed by atoms with van der Waals surface area (Å²) in [5.74, 6) is 0. The van der Waals surface area contributed by atoms with Crippen molar-refractivity contribution in [1.29, 1.82) is 5.26 Å². The van der Waals surface area contributed by atoms with Crippen molar-refractivity contribution in [3.05, 3.63) is 69.3 Å². The average molecular weight is 347 g/mol. The lowest BCUT2D eigenvalue weighted by Crippen LogP contribution is -2.24. The topological polar surface area (TPSA) is 49.0 Å². The highest BCUT2D eigenvalue weighted by Crippen LogP contribution is 2.29. The number of hydrogen-bond donors (Lipinski definition) is 0. The molecule has 0 aliphatic carbocycles. The first-order chi connectivity index (χ1) is 11.6. The first-order valence-corrected chi connectivity index (χ1v) is 7.34. The Morgan fingerprint density at radius 3 is 2.28 bits per heavy atom. The fraction of sp³-hybridized carbons (Fsp3) is 0.222. The minimum atomic E-state index is -4.45. The van der Waals surface area contributed by atoms with Crippen molar-refractivity contribution in [1.82, 2.24) is 9.47 Å². The highest BCUT2D eigenvalue weighted by Gasteiger charge is 2.30. The molecule has 0 aliphatic rings. The molecular formula is C18H16F3N3O. The first kappa shape index (κ1) is 18.3. The maximum Gasteiger partial charge on any atom is 0.416 e. The van der Waals surface area contributed by atoms with Crippen molar-refractivity contribution < 1.29 is 13.2 Å². The number of aromatic nitrogens is 1. The van der Waals surface area contributed by atoms with Gasteiger partial charge in [-0.3, -0.25) is 9.36 Å². The molecule has 130 valence electrons. The van der Waals surface area contributed by atoms with Crippen molar-refractivity contribution in [3.8, 4) is 11.8 Å². The number of aryl methyl sites for hydroxylation is 1. The van der Waals surface area contributed by atoms with Gasteiger partial charge in [-0.1, -0.05) is 0 Å². The van der Waals surface area contributed by atoms with E-state index in [2.05, 4.69) is 0 Å². The third-order valence-corrected chi connectivity index (χ3v) is 3.54. The van der Waals surface area contributed by atoms with Crippen LogP contribution < -0.4 is 5.56 Å². The van der Waals surface area contributed by atoms with Gasteiger partial charge in [-0.15, -0.1) is 0 Å². The number of pyridine rings is 1. The van der Waals surface area contributed by atoms with Gasteiger partial charge in [0.2, 0.25) is 0 Å². The minimum Gasteiger partial charge on any atom is -0.383 e. The Bertz CT molecular complexity index is 901. The molecule has 0 fully saturated rings. The SMILES string of the molecule is Cc1cc(/C=C/N(C)C)c(C#N)c(=O)n1-c1ccc(C(F)(F)F)cc1. The number of halogens is 3. The second-order valence-corrected chi connectivity index (χ2v) is 5.69. The van der Waals surface area contributed by atoms with Crippen LogP contribution in [0.1, 0.15) is 22.4 Å². The summed E-state index contributed by atoms with van der Waals surface area (Å²) in [7, 11) is 3.61. The molecule has 0 radical (unpaired) electrons. The summed E-state index contributed by atoms with van der Waals surface area (Å²) in [6.07, 6.45) is -1.10. The lowest BCUT2D eigenvalue weighted by Gasteiger charge is -2.14. The van der Waals surface area contributed by atoms with Crippen LogP contribution in [0.2, 0.25) is 0 Å². The molecule has 1 heterocycles. The number of nitriles is 1. The van der Waals surface area contributed by atoms with Crippen LogP contribution in [0.4, 0.5) is 13.2 Å². The predicted molar refractivity (Wildman–Crippen MR) is 89.2 cm³/mol. The summed E-state index contributed by atoms with van der Waals surface area (Å²) in [6.45, 7) is 1.66. The van der Waals surface area contributed by atoms with Crippen molar-refractivity contribution in [3.63, 3.8) is 0 Å². The van der Waals surface area contributed by atoms with E-state index in [9.17, 15) is 23.2 Å². The normalized spacial score (nSPS) is 11.6. The van der Waals surface area contributed by atoms with E-state index in [4.69, 9.17) is 0 Å². The molecule has 0 unspecified atom stereocenters. The van der Waals surface area contributed by atoms with Crippen LogP contribution in [0, 0.1) is 18.3 Å². The molecule has 0 amide bonds. The van der Waals surface area contributed by atoms with E-state index in [0.29, 0.717) is 11.3 Å². The lowest BCUT2D eigenvalue weighted by atomic mass is 10.1.